The van der Waals surface area contributed by atoms with Crippen molar-refractivity contribution in [3.8, 4) is 5.75 Å². The fourth-order valence-electron chi connectivity index (χ4n) is 0.975. The molecule has 4 nitrogen and oxygen atoms in total. The smallest absolute Gasteiger partial charge is 0.177 e. The Balaban J connectivity index is 2.63. The van der Waals surface area contributed by atoms with Crippen LogP contribution >= 0.6 is 24.4 Å². The summed E-state index contributed by atoms with van der Waals surface area (Å²) in [6.07, 6.45) is 0. The van der Waals surface area contributed by atoms with Gasteiger partial charge in [-0.05, 0) is 36.6 Å². The Morgan fingerprint density at radius 1 is 1.40 bits per heavy atom. The Labute approximate surface area is 98.8 Å². The highest BCUT2D eigenvalue weighted by atomic mass is 32.1. The average Bonchev–Trinajstić information content (AvgIpc) is 2.16. The topological polar surface area (TPSA) is 59.3 Å². The largest absolute Gasteiger partial charge is 0.497 e. The summed E-state index contributed by atoms with van der Waals surface area (Å²) in [7, 11) is 1.60. The van der Waals surface area contributed by atoms with Crippen LogP contribution in [0.3, 0.4) is 0 Å². The van der Waals surface area contributed by atoms with Crippen molar-refractivity contribution < 1.29 is 4.74 Å². The van der Waals surface area contributed by atoms with Crippen LogP contribution in [0.5, 0.6) is 5.75 Å². The number of ether oxygens (including phenoxy) is 1. The summed E-state index contributed by atoms with van der Waals surface area (Å²) in [4.78, 5) is 0. The monoisotopic (exact) mass is 241 g/mol. The molecule has 0 heterocycles. The molecule has 0 saturated heterocycles. The van der Waals surface area contributed by atoms with Crippen LogP contribution in [0.2, 0.25) is 0 Å². The molecule has 80 valence electrons. The molecule has 0 bridgehead atoms. The molecule has 15 heavy (non-hydrogen) atoms. The number of benzene rings is 1. The number of methoxy groups -OCH3 is 1. The van der Waals surface area contributed by atoms with E-state index in [2.05, 4.69) is 22.9 Å². The molecule has 4 N–H and O–H groups in total. The van der Waals surface area contributed by atoms with Crippen molar-refractivity contribution in [2.75, 3.05) is 12.4 Å². The third-order valence-electron chi connectivity index (χ3n) is 1.56. The van der Waals surface area contributed by atoms with Crippen molar-refractivity contribution >= 4 is 40.3 Å². The first-order valence-electron chi connectivity index (χ1n) is 4.13. The van der Waals surface area contributed by atoms with Crippen LogP contribution in [-0.2, 0) is 0 Å². The van der Waals surface area contributed by atoms with Gasteiger partial charge in [-0.2, -0.15) is 0 Å². The summed E-state index contributed by atoms with van der Waals surface area (Å²) in [5.74, 6) is 0.748. The Morgan fingerprint density at radius 3 is 2.73 bits per heavy atom. The molecule has 0 aliphatic carbocycles. The number of rotatable bonds is 2. The third kappa shape index (κ3) is 4.09. The molecule has 1 aromatic carbocycles. The molecule has 0 aromatic heterocycles. The Morgan fingerprint density at radius 2 is 2.13 bits per heavy atom. The standard InChI is InChI=1S/C9H11N3OS2/c1-13-7-4-2-3-6(5-7)11-9(15)12-8(10)14/h2-5H,1H3,(H4,10,11,12,14,15). The van der Waals surface area contributed by atoms with Gasteiger partial charge in [0, 0.05) is 11.8 Å². The van der Waals surface area contributed by atoms with E-state index in [1.165, 1.54) is 0 Å². The van der Waals surface area contributed by atoms with E-state index in [1.807, 2.05) is 24.3 Å². The molecule has 0 radical (unpaired) electrons. The molecular weight excluding hydrogens is 230 g/mol. The molecule has 0 aliphatic heterocycles. The zero-order valence-electron chi connectivity index (χ0n) is 8.11. The van der Waals surface area contributed by atoms with Crippen molar-refractivity contribution in [2.45, 2.75) is 0 Å². The van der Waals surface area contributed by atoms with E-state index >= 15 is 0 Å². The van der Waals surface area contributed by atoms with E-state index in [1.54, 1.807) is 7.11 Å². The van der Waals surface area contributed by atoms with E-state index in [0.717, 1.165) is 11.4 Å². The van der Waals surface area contributed by atoms with E-state index in [9.17, 15) is 0 Å². The normalized spacial score (nSPS) is 9.13. The molecule has 0 saturated carbocycles. The maximum atomic E-state index is 5.27. The molecular formula is C9H11N3OS2. The van der Waals surface area contributed by atoms with Gasteiger partial charge in [0.2, 0.25) is 0 Å². The van der Waals surface area contributed by atoms with Crippen LogP contribution in [0, 0.1) is 0 Å². The molecule has 0 atom stereocenters. The fourth-order valence-corrected chi connectivity index (χ4v) is 1.37. The molecule has 0 fully saturated rings. The maximum absolute atomic E-state index is 5.27. The van der Waals surface area contributed by atoms with Gasteiger partial charge < -0.3 is 21.1 Å². The molecule has 0 aliphatic rings. The summed E-state index contributed by atoms with van der Waals surface area (Å²) < 4.78 is 5.06. The van der Waals surface area contributed by atoms with Gasteiger partial charge in [-0.25, -0.2) is 0 Å². The van der Waals surface area contributed by atoms with Crippen molar-refractivity contribution in [3.63, 3.8) is 0 Å². The van der Waals surface area contributed by atoms with E-state index in [-0.39, 0.29) is 5.11 Å². The zero-order chi connectivity index (χ0) is 11.3. The van der Waals surface area contributed by atoms with Crippen LogP contribution in [0.25, 0.3) is 0 Å². The van der Waals surface area contributed by atoms with Gasteiger partial charge in [0.25, 0.3) is 0 Å². The first-order valence-corrected chi connectivity index (χ1v) is 4.95. The Kier molecular flexibility index (Phi) is 4.26. The summed E-state index contributed by atoms with van der Waals surface area (Å²) in [5, 5.41) is 6.03. The maximum Gasteiger partial charge on any atom is 0.177 e. The molecule has 0 amide bonds. The Bertz CT molecular complexity index is 381. The SMILES string of the molecule is COc1cccc(NC(=S)NC(N)=S)c1. The van der Waals surface area contributed by atoms with Crippen LogP contribution in [0.1, 0.15) is 0 Å². The second-order valence-corrected chi connectivity index (χ2v) is 3.52. The van der Waals surface area contributed by atoms with Crippen LogP contribution in [0.4, 0.5) is 5.69 Å². The van der Waals surface area contributed by atoms with Crippen molar-refractivity contribution in [1.29, 1.82) is 0 Å². The lowest BCUT2D eigenvalue weighted by Crippen LogP contribution is -2.37. The Hall–Kier alpha value is -1.40. The number of hydrogen-bond donors (Lipinski definition) is 3. The first-order chi connectivity index (χ1) is 7.11. The second kappa shape index (κ2) is 5.47. The number of thiocarbonyl (C=S) groups is 2. The highest BCUT2D eigenvalue weighted by molar-refractivity contribution is 7.82. The lowest BCUT2D eigenvalue weighted by molar-refractivity contribution is 0.415. The van der Waals surface area contributed by atoms with Gasteiger partial charge in [0.05, 0.1) is 7.11 Å². The fraction of sp³-hybridized carbons (Fsp3) is 0.111. The van der Waals surface area contributed by atoms with Gasteiger partial charge in [-0.1, -0.05) is 6.07 Å². The van der Waals surface area contributed by atoms with Crippen LogP contribution in [-0.4, -0.2) is 17.3 Å². The van der Waals surface area contributed by atoms with Gasteiger partial charge in [0.15, 0.2) is 10.2 Å². The van der Waals surface area contributed by atoms with Gasteiger partial charge in [-0.3, -0.25) is 0 Å². The first kappa shape index (κ1) is 11.7. The highest BCUT2D eigenvalue weighted by Gasteiger charge is 1.99. The summed E-state index contributed by atoms with van der Waals surface area (Å²) in [6, 6.07) is 7.36. The third-order valence-corrected chi connectivity index (χ3v) is 1.87. The van der Waals surface area contributed by atoms with Gasteiger partial charge in [0.1, 0.15) is 5.75 Å². The number of nitrogens with one attached hydrogen (secondary N) is 2. The molecule has 1 aromatic rings. The minimum Gasteiger partial charge on any atom is -0.497 e. The van der Waals surface area contributed by atoms with E-state index in [0.29, 0.717) is 5.11 Å². The van der Waals surface area contributed by atoms with Gasteiger partial charge in [-0.15, -0.1) is 0 Å². The predicted octanol–water partition coefficient (Wildman–Crippen LogP) is 1.23. The predicted molar refractivity (Wildman–Crippen MR) is 69.1 cm³/mol. The summed E-state index contributed by atoms with van der Waals surface area (Å²) in [6.45, 7) is 0. The van der Waals surface area contributed by atoms with Crippen LogP contribution in [0.15, 0.2) is 24.3 Å². The van der Waals surface area contributed by atoms with Crippen molar-refractivity contribution in [1.82, 2.24) is 5.32 Å². The molecule has 0 unspecified atom stereocenters. The molecule has 6 heteroatoms. The van der Waals surface area contributed by atoms with E-state index in [4.69, 9.17) is 22.7 Å². The summed E-state index contributed by atoms with van der Waals surface area (Å²) >= 11 is 9.61. The number of hydrogen-bond acceptors (Lipinski definition) is 3. The van der Waals surface area contributed by atoms with Crippen molar-refractivity contribution in [3.05, 3.63) is 24.3 Å². The highest BCUT2D eigenvalue weighted by Crippen LogP contribution is 2.16. The number of anilines is 1. The quantitative estimate of drug-likeness (QED) is 0.677. The number of nitrogens with two attached hydrogens (primary N) is 1. The average molecular weight is 241 g/mol. The lowest BCUT2D eigenvalue weighted by Gasteiger charge is -2.09. The minimum atomic E-state index is 0.135. The van der Waals surface area contributed by atoms with Gasteiger partial charge >= 0.3 is 0 Å². The zero-order valence-corrected chi connectivity index (χ0v) is 9.74. The molecule has 0 spiro atoms. The lowest BCUT2D eigenvalue weighted by atomic mass is 10.3. The minimum absolute atomic E-state index is 0.135. The summed E-state index contributed by atoms with van der Waals surface area (Å²) in [5.41, 5.74) is 6.08. The van der Waals surface area contributed by atoms with Crippen molar-refractivity contribution in [2.24, 2.45) is 5.73 Å². The molecule has 1 rings (SSSR count). The second-order valence-electron chi connectivity index (χ2n) is 2.68. The van der Waals surface area contributed by atoms with Crippen LogP contribution < -0.4 is 21.1 Å². The van der Waals surface area contributed by atoms with E-state index < -0.39 is 0 Å².